The third-order valence-electron chi connectivity index (χ3n) is 4.13. The summed E-state index contributed by atoms with van der Waals surface area (Å²) >= 11 is 0. The number of ether oxygens (including phenoxy) is 1. The van der Waals surface area contributed by atoms with Gasteiger partial charge in [-0.2, -0.15) is 0 Å². The van der Waals surface area contributed by atoms with Gasteiger partial charge in [0.15, 0.2) is 0 Å². The molecule has 0 radical (unpaired) electrons. The van der Waals surface area contributed by atoms with Gasteiger partial charge >= 0.3 is 0 Å². The number of aromatic nitrogens is 2. The van der Waals surface area contributed by atoms with E-state index in [4.69, 9.17) is 4.74 Å². The molecule has 0 aromatic carbocycles. The van der Waals surface area contributed by atoms with Crippen molar-refractivity contribution in [3.8, 4) is 0 Å². The number of hydrogen-bond donors (Lipinski definition) is 1. The van der Waals surface area contributed by atoms with Gasteiger partial charge in [0.2, 0.25) is 5.91 Å². The fraction of sp³-hybridized carbons (Fsp3) is 0.714. The topological polar surface area (TPSA) is 56.2 Å². The van der Waals surface area contributed by atoms with E-state index in [9.17, 15) is 4.79 Å². The zero-order chi connectivity index (χ0) is 13.1. The lowest BCUT2D eigenvalue weighted by atomic mass is 9.98. The molecule has 1 aromatic rings. The first kappa shape index (κ1) is 12.7. The van der Waals surface area contributed by atoms with Crippen LogP contribution in [0.5, 0.6) is 0 Å². The van der Waals surface area contributed by atoms with E-state index >= 15 is 0 Å². The highest BCUT2D eigenvalue weighted by molar-refractivity contribution is 5.78. The first-order valence-electron chi connectivity index (χ1n) is 7.18. The van der Waals surface area contributed by atoms with Crippen LogP contribution >= 0.6 is 0 Å². The number of amides is 1. The van der Waals surface area contributed by atoms with Crippen LogP contribution in [-0.2, 0) is 22.5 Å². The van der Waals surface area contributed by atoms with Crippen molar-refractivity contribution in [3.63, 3.8) is 0 Å². The highest BCUT2D eigenvalue weighted by Gasteiger charge is 2.24. The minimum Gasteiger partial charge on any atom is -0.381 e. The molecule has 5 nitrogen and oxygen atoms in total. The third-order valence-corrected chi connectivity index (χ3v) is 4.13. The van der Waals surface area contributed by atoms with Gasteiger partial charge in [0, 0.05) is 38.5 Å². The lowest BCUT2D eigenvalue weighted by Gasteiger charge is -2.26. The first-order valence-corrected chi connectivity index (χ1v) is 7.18. The number of nitrogens with one attached hydrogen (secondary N) is 1. The van der Waals surface area contributed by atoms with E-state index in [2.05, 4.69) is 14.9 Å². The maximum Gasteiger partial charge on any atom is 0.225 e. The SMILES string of the molecule is O=C(NC[C@@H]1CCc2nccn2C1)[C@H]1CCCOC1. The van der Waals surface area contributed by atoms with Crippen molar-refractivity contribution in [1.82, 2.24) is 14.9 Å². The number of nitrogens with zero attached hydrogens (tertiary/aromatic N) is 2. The van der Waals surface area contributed by atoms with Crippen LogP contribution in [0.1, 0.15) is 25.1 Å². The Morgan fingerprint density at radius 1 is 1.53 bits per heavy atom. The van der Waals surface area contributed by atoms with Gasteiger partial charge < -0.3 is 14.6 Å². The molecule has 2 atom stereocenters. The Hall–Kier alpha value is -1.36. The minimum atomic E-state index is 0.0566. The van der Waals surface area contributed by atoms with Crippen LogP contribution in [0.25, 0.3) is 0 Å². The Labute approximate surface area is 113 Å². The maximum atomic E-state index is 12.0. The summed E-state index contributed by atoms with van der Waals surface area (Å²) in [5.41, 5.74) is 0. The van der Waals surface area contributed by atoms with Crippen molar-refractivity contribution in [1.29, 1.82) is 0 Å². The van der Waals surface area contributed by atoms with E-state index in [1.165, 1.54) is 5.82 Å². The number of aryl methyl sites for hydroxylation is 1. The third kappa shape index (κ3) is 2.97. The minimum absolute atomic E-state index is 0.0566. The van der Waals surface area contributed by atoms with Crippen LogP contribution in [0.2, 0.25) is 0 Å². The highest BCUT2D eigenvalue weighted by atomic mass is 16.5. The summed E-state index contributed by atoms with van der Waals surface area (Å²) in [4.78, 5) is 16.3. The van der Waals surface area contributed by atoms with Crippen LogP contribution in [0.3, 0.4) is 0 Å². The molecule has 3 rings (SSSR count). The largest absolute Gasteiger partial charge is 0.381 e. The number of fused-ring (bicyclic) bond motifs is 1. The molecule has 19 heavy (non-hydrogen) atoms. The summed E-state index contributed by atoms with van der Waals surface area (Å²) in [6.07, 6.45) is 7.97. The van der Waals surface area contributed by atoms with Crippen molar-refractivity contribution in [2.45, 2.75) is 32.2 Å². The molecule has 0 spiro atoms. The second-order valence-electron chi connectivity index (χ2n) is 5.56. The molecular weight excluding hydrogens is 242 g/mol. The monoisotopic (exact) mass is 263 g/mol. The number of rotatable bonds is 3. The van der Waals surface area contributed by atoms with E-state index < -0.39 is 0 Å². The average Bonchev–Trinajstić information content (AvgIpc) is 2.93. The van der Waals surface area contributed by atoms with Crippen LogP contribution in [0.4, 0.5) is 0 Å². The Bertz CT molecular complexity index is 438. The lowest BCUT2D eigenvalue weighted by Crippen LogP contribution is -2.39. The molecule has 3 heterocycles. The molecule has 1 saturated heterocycles. The summed E-state index contributed by atoms with van der Waals surface area (Å²) in [5.74, 6) is 1.91. The molecule has 1 aromatic heterocycles. The normalized spacial score (nSPS) is 26.7. The number of hydrogen-bond acceptors (Lipinski definition) is 3. The molecule has 0 bridgehead atoms. The molecule has 0 aliphatic carbocycles. The van der Waals surface area contributed by atoms with Crippen molar-refractivity contribution in [2.24, 2.45) is 11.8 Å². The van der Waals surface area contributed by atoms with Gasteiger partial charge in [-0.3, -0.25) is 4.79 Å². The predicted molar refractivity (Wildman–Crippen MR) is 70.6 cm³/mol. The summed E-state index contributed by atoms with van der Waals surface area (Å²) in [6.45, 7) is 3.13. The van der Waals surface area contributed by atoms with Crippen LogP contribution in [-0.4, -0.2) is 35.2 Å². The van der Waals surface area contributed by atoms with Gasteiger partial charge in [-0.25, -0.2) is 4.98 Å². The summed E-state index contributed by atoms with van der Waals surface area (Å²) in [6, 6.07) is 0. The molecule has 0 unspecified atom stereocenters. The van der Waals surface area contributed by atoms with E-state index in [0.29, 0.717) is 12.5 Å². The van der Waals surface area contributed by atoms with Gasteiger partial charge in [-0.15, -0.1) is 0 Å². The molecule has 2 aliphatic rings. The van der Waals surface area contributed by atoms with Crippen LogP contribution in [0, 0.1) is 11.8 Å². The summed E-state index contributed by atoms with van der Waals surface area (Å²) in [5, 5.41) is 3.09. The Kier molecular flexibility index (Phi) is 3.82. The van der Waals surface area contributed by atoms with Crippen molar-refractivity contribution in [3.05, 3.63) is 18.2 Å². The van der Waals surface area contributed by atoms with Gasteiger partial charge in [0.05, 0.1) is 12.5 Å². The Balaban J connectivity index is 1.46. The summed E-state index contributed by atoms with van der Waals surface area (Å²) < 4.78 is 7.56. The van der Waals surface area contributed by atoms with Crippen molar-refractivity contribution in [2.75, 3.05) is 19.8 Å². The molecule has 1 fully saturated rings. The van der Waals surface area contributed by atoms with Gasteiger partial charge in [-0.05, 0) is 25.2 Å². The van der Waals surface area contributed by atoms with E-state index in [-0.39, 0.29) is 11.8 Å². The van der Waals surface area contributed by atoms with Crippen molar-refractivity contribution < 1.29 is 9.53 Å². The number of carbonyl (C=O) groups excluding carboxylic acids is 1. The van der Waals surface area contributed by atoms with Gasteiger partial charge in [-0.1, -0.05) is 0 Å². The Morgan fingerprint density at radius 2 is 2.47 bits per heavy atom. The van der Waals surface area contributed by atoms with E-state index in [1.54, 1.807) is 0 Å². The molecule has 5 heteroatoms. The Morgan fingerprint density at radius 3 is 3.32 bits per heavy atom. The second-order valence-corrected chi connectivity index (χ2v) is 5.56. The molecule has 2 aliphatic heterocycles. The molecule has 0 saturated carbocycles. The second kappa shape index (κ2) is 5.74. The number of imidazole rings is 1. The quantitative estimate of drug-likeness (QED) is 0.884. The molecular formula is C14H21N3O2. The zero-order valence-corrected chi connectivity index (χ0v) is 11.2. The average molecular weight is 263 g/mol. The van der Waals surface area contributed by atoms with Crippen LogP contribution in [0.15, 0.2) is 12.4 Å². The van der Waals surface area contributed by atoms with Crippen LogP contribution < -0.4 is 5.32 Å². The highest BCUT2D eigenvalue weighted by Crippen LogP contribution is 2.18. The van der Waals surface area contributed by atoms with E-state index in [0.717, 1.165) is 45.4 Å². The standard InChI is InChI=1S/C14H21N3O2/c18-14(12-2-1-7-19-10-12)16-8-11-3-4-13-15-5-6-17(13)9-11/h5-6,11-12H,1-4,7-10H2,(H,16,18)/t11-,12-/m0/s1. The fourth-order valence-electron chi connectivity index (χ4n) is 2.94. The first-order chi connectivity index (χ1) is 9.33. The zero-order valence-electron chi connectivity index (χ0n) is 11.2. The number of carbonyl (C=O) groups is 1. The maximum absolute atomic E-state index is 12.0. The van der Waals surface area contributed by atoms with E-state index in [1.807, 2.05) is 12.4 Å². The summed E-state index contributed by atoms with van der Waals surface area (Å²) in [7, 11) is 0. The predicted octanol–water partition coefficient (Wildman–Crippen LogP) is 0.988. The molecule has 104 valence electrons. The van der Waals surface area contributed by atoms with Gasteiger partial charge in [0.25, 0.3) is 0 Å². The molecule has 1 N–H and O–H groups in total. The van der Waals surface area contributed by atoms with Gasteiger partial charge in [0.1, 0.15) is 5.82 Å². The smallest absolute Gasteiger partial charge is 0.225 e. The van der Waals surface area contributed by atoms with Crippen molar-refractivity contribution >= 4 is 5.91 Å². The lowest BCUT2D eigenvalue weighted by molar-refractivity contribution is -0.129. The molecule has 1 amide bonds. The fourth-order valence-corrected chi connectivity index (χ4v) is 2.94.